The zero-order valence-electron chi connectivity index (χ0n) is 11.7. The maximum absolute atomic E-state index is 11.8. The summed E-state index contributed by atoms with van der Waals surface area (Å²) in [4.78, 5) is 23.8. The van der Waals surface area contributed by atoms with Gasteiger partial charge >= 0.3 is 12.1 Å². The van der Waals surface area contributed by atoms with Crippen LogP contribution in [-0.4, -0.2) is 17.2 Å². The number of carboxylic acids is 1. The minimum Gasteiger partial charge on any atom is -0.478 e. The molecule has 2 aromatic rings. The Morgan fingerprint density at radius 1 is 1.24 bits per heavy atom. The molecule has 1 amide bonds. The third-order valence-corrected chi connectivity index (χ3v) is 4.15. The highest BCUT2D eigenvalue weighted by atomic mass is 32.1. The summed E-state index contributed by atoms with van der Waals surface area (Å²) in [5.41, 5.74) is 1.64. The van der Waals surface area contributed by atoms with Gasteiger partial charge in [-0.1, -0.05) is 30.3 Å². The van der Waals surface area contributed by atoms with E-state index in [0.717, 1.165) is 10.4 Å². The van der Waals surface area contributed by atoms with E-state index in [1.807, 2.05) is 37.3 Å². The van der Waals surface area contributed by atoms with Crippen molar-refractivity contribution >= 4 is 28.4 Å². The molecule has 6 heteroatoms. The molecule has 110 valence electrons. The van der Waals surface area contributed by atoms with Gasteiger partial charge in [-0.3, -0.25) is 5.32 Å². The zero-order valence-corrected chi connectivity index (χ0v) is 12.5. The van der Waals surface area contributed by atoms with E-state index in [9.17, 15) is 14.7 Å². The van der Waals surface area contributed by atoms with Crippen LogP contribution in [0.5, 0.6) is 0 Å². The molecule has 0 spiro atoms. The first-order chi connectivity index (χ1) is 9.99. The van der Waals surface area contributed by atoms with Crippen LogP contribution in [0.1, 0.15) is 26.4 Å². The van der Waals surface area contributed by atoms with Crippen LogP contribution in [0, 0.1) is 13.8 Å². The number of amides is 1. The molecular weight excluding hydrogens is 290 g/mol. The van der Waals surface area contributed by atoms with Gasteiger partial charge in [-0.2, -0.15) is 0 Å². The fourth-order valence-electron chi connectivity index (χ4n) is 1.82. The van der Waals surface area contributed by atoms with Crippen molar-refractivity contribution < 1.29 is 19.4 Å². The van der Waals surface area contributed by atoms with Crippen LogP contribution in [0.25, 0.3) is 0 Å². The summed E-state index contributed by atoms with van der Waals surface area (Å²) in [5, 5.41) is 12.0. The highest BCUT2D eigenvalue weighted by molar-refractivity contribution is 7.16. The van der Waals surface area contributed by atoms with Crippen molar-refractivity contribution in [2.45, 2.75) is 20.5 Å². The summed E-state index contributed by atoms with van der Waals surface area (Å²) in [5.74, 6) is -1.06. The molecule has 2 N–H and O–H groups in total. The van der Waals surface area contributed by atoms with Gasteiger partial charge in [0.2, 0.25) is 0 Å². The van der Waals surface area contributed by atoms with Crippen molar-refractivity contribution in [3.8, 4) is 0 Å². The van der Waals surface area contributed by atoms with Gasteiger partial charge < -0.3 is 9.84 Å². The van der Waals surface area contributed by atoms with E-state index in [-0.39, 0.29) is 12.2 Å². The van der Waals surface area contributed by atoms with Gasteiger partial charge in [-0.25, -0.2) is 9.59 Å². The van der Waals surface area contributed by atoms with Crippen molar-refractivity contribution in [2.24, 2.45) is 0 Å². The van der Waals surface area contributed by atoms with Crippen LogP contribution in [0.4, 0.5) is 9.80 Å². The number of nitrogens with one attached hydrogen (secondary N) is 1. The van der Waals surface area contributed by atoms with E-state index < -0.39 is 12.1 Å². The number of carbonyl (C=O) groups excluding carboxylic acids is 1. The lowest BCUT2D eigenvalue weighted by Crippen LogP contribution is -2.14. The Labute approximate surface area is 126 Å². The average molecular weight is 305 g/mol. The lowest BCUT2D eigenvalue weighted by molar-refractivity contribution is 0.0697. The van der Waals surface area contributed by atoms with Gasteiger partial charge in [-0.15, -0.1) is 11.3 Å². The Morgan fingerprint density at radius 2 is 1.90 bits per heavy atom. The number of aryl methyl sites for hydroxylation is 1. The molecule has 0 radical (unpaired) electrons. The third kappa shape index (κ3) is 3.61. The molecule has 0 aliphatic heterocycles. The highest BCUT2D eigenvalue weighted by Crippen LogP contribution is 2.32. The normalized spacial score (nSPS) is 10.2. The van der Waals surface area contributed by atoms with Crippen LogP contribution in [-0.2, 0) is 11.3 Å². The first-order valence-electron chi connectivity index (χ1n) is 6.30. The number of carboxylic acid groups (broad SMARTS) is 1. The number of ether oxygens (including phenoxy) is 1. The van der Waals surface area contributed by atoms with E-state index >= 15 is 0 Å². The molecule has 2 rings (SSSR count). The molecule has 0 unspecified atom stereocenters. The van der Waals surface area contributed by atoms with Crippen molar-refractivity contribution in [3.05, 3.63) is 51.9 Å². The second-order valence-electron chi connectivity index (χ2n) is 4.48. The first kappa shape index (κ1) is 15.1. The molecule has 5 nitrogen and oxygen atoms in total. The third-order valence-electron chi connectivity index (χ3n) is 3.03. The summed E-state index contributed by atoms with van der Waals surface area (Å²) in [6.45, 7) is 3.67. The molecule has 0 saturated heterocycles. The standard InChI is InChI=1S/C15H15NO4S/c1-9-10(2)21-13(12(9)14(17)18)16-15(19)20-8-11-6-4-3-5-7-11/h3-7H,8H2,1-2H3,(H,16,19)(H,17,18). The van der Waals surface area contributed by atoms with Gasteiger partial charge in [0.15, 0.2) is 0 Å². The number of anilines is 1. The number of aromatic carboxylic acids is 1. The zero-order chi connectivity index (χ0) is 15.4. The lowest BCUT2D eigenvalue weighted by Gasteiger charge is -2.06. The molecule has 1 heterocycles. The molecule has 0 atom stereocenters. The summed E-state index contributed by atoms with van der Waals surface area (Å²) in [6, 6.07) is 9.26. The number of carbonyl (C=O) groups is 2. The number of hydrogen-bond donors (Lipinski definition) is 2. The first-order valence-corrected chi connectivity index (χ1v) is 7.11. The molecule has 0 aliphatic carbocycles. The van der Waals surface area contributed by atoms with Gasteiger partial charge in [0, 0.05) is 4.88 Å². The minimum absolute atomic E-state index is 0.120. The topological polar surface area (TPSA) is 75.6 Å². The predicted molar refractivity (Wildman–Crippen MR) is 81.0 cm³/mol. The lowest BCUT2D eigenvalue weighted by atomic mass is 10.1. The second-order valence-corrected chi connectivity index (χ2v) is 5.70. The van der Waals surface area contributed by atoms with E-state index in [0.29, 0.717) is 10.6 Å². The average Bonchev–Trinajstić information content (AvgIpc) is 2.72. The highest BCUT2D eigenvalue weighted by Gasteiger charge is 2.20. The van der Waals surface area contributed by atoms with E-state index in [1.165, 1.54) is 11.3 Å². The van der Waals surface area contributed by atoms with Gasteiger partial charge in [0.05, 0.1) is 5.56 Å². The Kier molecular flexibility index (Phi) is 4.59. The van der Waals surface area contributed by atoms with Crippen molar-refractivity contribution in [3.63, 3.8) is 0 Å². The summed E-state index contributed by atoms with van der Waals surface area (Å²) >= 11 is 1.23. The van der Waals surface area contributed by atoms with Crippen LogP contribution in [0.3, 0.4) is 0 Å². The summed E-state index contributed by atoms with van der Waals surface area (Å²) in [6.07, 6.45) is -0.664. The number of thiophene rings is 1. The van der Waals surface area contributed by atoms with Gasteiger partial charge in [0.1, 0.15) is 11.6 Å². The summed E-state index contributed by atoms with van der Waals surface area (Å²) in [7, 11) is 0. The monoisotopic (exact) mass is 305 g/mol. The van der Waals surface area contributed by atoms with Crippen LogP contribution in [0.15, 0.2) is 30.3 Å². The maximum Gasteiger partial charge on any atom is 0.412 e. The van der Waals surface area contributed by atoms with E-state index in [2.05, 4.69) is 5.32 Å². The Morgan fingerprint density at radius 3 is 2.52 bits per heavy atom. The molecular formula is C15H15NO4S. The quantitative estimate of drug-likeness (QED) is 0.900. The van der Waals surface area contributed by atoms with Gasteiger partial charge in [0.25, 0.3) is 0 Å². The van der Waals surface area contributed by atoms with Crippen molar-refractivity contribution in [2.75, 3.05) is 5.32 Å². The van der Waals surface area contributed by atoms with Crippen molar-refractivity contribution in [1.29, 1.82) is 0 Å². The molecule has 0 fully saturated rings. The van der Waals surface area contributed by atoms with E-state index in [1.54, 1.807) is 6.92 Å². The molecule has 1 aromatic carbocycles. The maximum atomic E-state index is 11.8. The fraction of sp³-hybridized carbons (Fsp3) is 0.200. The Balaban J connectivity index is 2.03. The molecule has 1 aromatic heterocycles. The van der Waals surface area contributed by atoms with Gasteiger partial charge in [-0.05, 0) is 25.0 Å². The van der Waals surface area contributed by atoms with Crippen LogP contribution >= 0.6 is 11.3 Å². The molecule has 0 bridgehead atoms. The van der Waals surface area contributed by atoms with Crippen LogP contribution in [0.2, 0.25) is 0 Å². The second kappa shape index (κ2) is 6.41. The molecule has 0 aliphatic rings. The smallest absolute Gasteiger partial charge is 0.412 e. The van der Waals surface area contributed by atoms with Crippen molar-refractivity contribution in [1.82, 2.24) is 0 Å². The number of hydrogen-bond acceptors (Lipinski definition) is 4. The SMILES string of the molecule is Cc1sc(NC(=O)OCc2ccccc2)c(C(=O)O)c1C. The Bertz CT molecular complexity index is 664. The molecule has 21 heavy (non-hydrogen) atoms. The summed E-state index contributed by atoms with van der Waals surface area (Å²) < 4.78 is 5.08. The largest absolute Gasteiger partial charge is 0.478 e. The van der Waals surface area contributed by atoms with Crippen LogP contribution < -0.4 is 5.32 Å². The Hall–Kier alpha value is -2.34. The number of benzene rings is 1. The molecule has 0 saturated carbocycles. The minimum atomic E-state index is -1.06. The predicted octanol–water partition coefficient (Wildman–Crippen LogP) is 3.81. The number of rotatable bonds is 4. The van der Waals surface area contributed by atoms with E-state index in [4.69, 9.17) is 4.74 Å². The fourth-order valence-corrected chi connectivity index (χ4v) is 2.86.